The van der Waals surface area contributed by atoms with Gasteiger partial charge in [0, 0.05) is 5.92 Å². The number of nitrogens with one attached hydrogen (secondary N) is 2. The van der Waals surface area contributed by atoms with Gasteiger partial charge in [0.15, 0.2) is 5.82 Å². The Morgan fingerprint density at radius 1 is 1.57 bits per heavy atom. The molecule has 10 heteroatoms. The first-order valence-electron chi connectivity index (χ1n) is 7.34. The molecule has 0 bridgehead atoms. The quantitative estimate of drug-likeness (QED) is 0.344. The molecule has 128 valence electrons. The van der Waals surface area contributed by atoms with E-state index in [1.54, 1.807) is 13.8 Å². The maximum Gasteiger partial charge on any atom is 0.277 e. The van der Waals surface area contributed by atoms with E-state index in [0.29, 0.717) is 12.8 Å². The Labute approximate surface area is 132 Å². The molecule has 1 aliphatic heterocycles. The van der Waals surface area contributed by atoms with Crippen molar-refractivity contribution in [3.8, 4) is 0 Å². The fourth-order valence-electron chi connectivity index (χ4n) is 2.15. The average molecular weight is 326 g/mol. The standard InChI is InChI=1S/C13H22N6O4/c1-6(2)11(21)17-13-16-10(9(14)12(22)18-13)19(15)8-4-3-7(5-20)23-8/h6-8,20H,3-5,14-15H2,1-2H3,(H2,16,17,18,21,22). The van der Waals surface area contributed by atoms with Crippen LogP contribution in [0.4, 0.5) is 17.5 Å². The van der Waals surface area contributed by atoms with Gasteiger partial charge in [0.1, 0.15) is 11.9 Å². The van der Waals surface area contributed by atoms with Gasteiger partial charge in [-0.25, -0.2) is 5.84 Å². The van der Waals surface area contributed by atoms with E-state index in [2.05, 4.69) is 15.3 Å². The van der Waals surface area contributed by atoms with Gasteiger partial charge in [-0.3, -0.25) is 24.9 Å². The van der Waals surface area contributed by atoms with E-state index in [-0.39, 0.29) is 42.0 Å². The average Bonchev–Trinajstić information content (AvgIpc) is 2.98. The molecule has 1 saturated heterocycles. The monoisotopic (exact) mass is 326 g/mol. The number of carbonyl (C=O) groups is 1. The molecule has 0 aliphatic carbocycles. The summed E-state index contributed by atoms with van der Waals surface area (Å²) < 4.78 is 5.54. The number of ether oxygens (including phenoxy) is 1. The van der Waals surface area contributed by atoms with Crippen LogP contribution >= 0.6 is 0 Å². The molecule has 0 radical (unpaired) electrons. The van der Waals surface area contributed by atoms with Crippen molar-refractivity contribution in [3.05, 3.63) is 10.4 Å². The van der Waals surface area contributed by atoms with Gasteiger partial charge in [0.05, 0.1) is 12.7 Å². The second-order valence-electron chi connectivity index (χ2n) is 5.68. The van der Waals surface area contributed by atoms with Gasteiger partial charge in [-0.1, -0.05) is 13.8 Å². The zero-order valence-corrected chi connectivity index (χ0v) is 13.1. The Morgan fingerprint density at radius 2 is 2.26 bits per heavy atom. The highest BCUT2D eigenvalue weighted by atomic mass is 16.5. The predicted molar refractivity (Wildman–Crippen MR) is 84.4 cm³/mol. The fourth-order valence-corrected chi connectivity index (χ4v) is 2.15. The van der Waals surface area contributed by atoms with Crippen molar-refractivity contribution in [3.63, 3.8) is 0 Å². The van der Waals surface area contributed by atoms with Gasteiger partial charge in [0.25, 0.3) is 5.56 Å². The minimum absolute atomic E-state index is 0.0106. The van der Waals surface area contributed by atoms with Crippen molar-refractivity contribution >= 4 is 23.4 Å². The molecule has 10 nitrogen and oxygen atoms in total. The van der Waals surface area contributed by atoms with Crippen molar-refractivity contribution in [2.24, 2.45) is 11.8 Å². The fraction of sp³-hybridized carbons (Fsp3) is 0.615. The van der Waals surface area contributed by atoms with Crippen LogP contribution in [0, 0.1) is 5.92 Å². The smallest absolute Gasteiger partial charge is 0.277 e. The number of nitrogen functional groups attached to an aromatic ring is 1. The molecule has 1 fully saturated rings. The summed E-state index contributed by atoms with van der Waals surface area (Å²) in [5.74, 6) is 5.36. The number of hydrogen-bond donors (Lipinski definition) is 5. The van der Waals surface area contributed by atoms with Gasteiger partial charge in [-0.15, -0.1) is 0 Å². The van der Waals surface area contributed by atoms with Gasteiger partial charge < -0.3 is 15.6 Å². The Balaban J connectivity index is 2.25. The molecule has 0 saturated carbocycles. The molecular weight excluding hydrogens is 304 g/mol. The van der Waals surface area contributed by atoms with Crippen LogP contribution in [0.5, 0.6) is 0 Å². The maximum absolute atomic E-state index is 11.9. The first-order chi connectivity index (χ1) is 10.8. The zero-order valence-electron chi connectivity index (χ0n) is 13.1. The highest BCUT2D eigenvalue weighted by Gasteiger charge is 2.30. The molecule has 2 atom stereocenters. The molecule has 2 heterocycles. The van der Waals surface area contributed by atoms with Gasteiger partial charge >= 0.3 is 0 Å². The number of nitrogens with zero attached hydrogens (tertiary/aromatic N) is 2. The van der Waals surface area contributed by atoms with Crippen molar-refractivity contribution < 1.29 is 14.6 Å². The first kappa shape index (κ1) is 17.2. The number of nitrogens with two attached hydrogens (primary N) is 2. The highest BCUT2D eigenvalue weighted by Crippen LogP contribution is 2.26. The van der Waals surface area contributed by atoms with Crippen LogP contribution in [-0.4, -0.2) is 39.9 Å². The normalized spacial score (nSPS) is 20.7. The number of aliphatic hydroxyl groups excluding tert-OH is 1. The SMILES string of the molecule is CC(C)C(=O)Nc1nc(N(N)C2CCC(CO)O2)c(N)c(=O)[nH]1. The number of anilines is 3. The largest absolute Gasteiger partial charge is 0.394 e. The number of aromatic amines is 1. The second kappa shape index (κ2) is 6.94. The summed E-state index contributed by atoms with van der Waals surface area (Å²) in [5, 5.41) is 12.7. The molecule has 0 spiro atoms. The summed E-state index contributed by atoms with van der Waals surface area (Å²) in [6, 6.07) is 0. The summed E-state index contributed by atoms with van der Waals surface area (Å²) in [6.45, 7) is 3.31. The van der Waals surface area contributed by atoms with Gasteiger partial charge in [0.2, 0.25) is 11.9 Å². The Kier molecular flexibility index (Phi) is 5.19. The summed E-state index contributed by atoms with van der Waals surface area (Å²) >= 11 is 0. The van der Waals surface area contributed by atoms with E-state index in [1.165, 1.54) is 0 Å². The molecule has 2 unspecified atom stereocenters. The highest BCUT2D eigenvalue weighted by molar-refractivity contribution is 5.90. The van der Waals surface area contributed by atoms with Crippen LogP contribution in [0.1, 0.15) is 26.7 Å². The van der Waals surface area contributed by atoms with Crippen LogP contribution in [-0.2, 0) is 9.53 Å². The van der Waals surface area contributed by atoms with Crippen molar-refractivity contribution in [2.45, 2.75) is 39.0 Å². The summed E-state index contributed by atoms with van der Waals surface area (Å²) in [5.41, 5.74) is 4.95. The number of H-pyrrole nitrogens is 1. The number of rotatable bonds is 5. The van der Waals surface area contributed by atoms with E-state index >= 15 is 0 Å². The third-order valence-corrected chi connectivity index (χ3v) is 3.54. The number of hydrazine groups is 1. The van der Waals surface area contributed by atoms with Crippen LogP contribution in [0.25, 0.3) is 0 Å². The van der Waals surface area contributed by atoms with Crippen LogP contribution in [0.2, 0.25) is 0 Å². The number of aromatic nitrogens is 2. The van der Waals surface area contributed by atoms with Crippen molar-refractivity contribution in [2.75, 3.05) is 22.7 Å². The lowest BCUT2D eigenvalue weighted by Crippen LogP contribution is -2.43. The molecule has 1 aromatic rings. The Morgan fingerprint density at radius 3 is 2.83 bits per heavy atom. The minimum atomic E-state index is -0.610. The lowest BCUT2D eigenvalue weighted by molar-refractivity contribution is -0.118. The molecular formula is C13H22N6O4. The number of carbonyl (C=O) groups excluding carboxylic acids is 1. The summed E-state index contributed by atoms with van der Waals surface area (Å²) in [7, 11) is 0. The first-order valence-corrected chi connectivity index (χ1v) is 7.34. The van der Waals surface area contributed by atoms with Gasteiger partial charge in [-0.2, -0.15) is 4.98 Å². The van der Waals surface area contributed by atoms with E-state index < -0.39 is 11.8 Å². The zero-order chi connectivity index (χ0) is 17.1. The van der Waals surface area contributed by atoms with Gasteiger partial charge in [-0.05, 0) is 12.8 Å². The lowest BCUT2D eigenvalue weighted by Gasteiger charge is -2.25. The van der Waals surface area contributed by atoms with Crippen LogP contribution in [0.15, 0.2) is 4.79 Å². The van der Waals surface area contributed by atoms with E-state index in [1.807, 2.05) is 0 Å². The molecule has 2 rings (SSSR count). The second-order valence-corrected chi connectivity index (χ2v) is 5.68. The maximum atomic E-state index is 11.9. The summed E-state index contributed by atoms with van der Waals surface area (Å²) in [6.07, 6.45) is 0.324. The number of aliphatic hydroxyl groups is 1. The lowest BCUT2D eigenvalue weighted by atomic mass is 10.2. The van der Waals surface area contributed by atoms with Crippen LogP contribution < -0.4 is 27.5 Å². The number of amides is 1. The molecule has 7 N–H and O–H groups in total. The van der Waals surface area contributed by atoms with E-state index in [0.717, 1.165) is 5.01 Å². The van der Waals surface area contributed by atoms with Crippen LogP contribution in [0.3, 0.4) is 0 Å². The third kappa shape index (κ3) is 3.78. The predicted octanol–water partition coefficient (Wildman–Crippen LogP) is -0.876. The molecule has 1 aliphatic rings. The molecule has 0 aromatic carbocycles. The topological polar surface area (TPSA) is 160 Å². The summed E-state index contributed by atoms with van der Waals surface area (Å²) in [4.78, 5) is 30.1. The minimum Gasteiger partial charge on any atom is -0.394 e. The Bertz CT molecular complexity index is 631. The van der Waals surface area contributed by atoms with E-state index in [4.69, 9.17) is 21.4 Å². The molecule has 1 amide bonds. The van der Waals surface area contributed by atoms with E-state index in [9.17, 15) is 9.59 Å². The third-order valence-electron chi connectivity index (χ3n) is 3.54. The van der Waals surface area contributed by atoms with Crippen molar-refractivity contribution in [1.29, 1.82) is 0 Å². The molecule has 23 heavy (non-hydrogen) atoms. The number of hydrogen-bond acceptors (Lipinski definition) is 8. The van der Waals surface area contributed by atoms with Crippen molar-refractivity contribution in [1.82, 2.24) is 9.97 Å². The Hall–Kier alpha value is -2.17. The molecule has 1 aromatic heterocycles.